The van der Waals surface area contributed by atoms with Gasteiger partial charge in [-0.1, -0.05) is 26.7 Å². The SMILES string of the molecule is CCC(CC)CNS(=O)(=O)c1csc(CNC2CC2)c1. The molecule has 1 aromatic rings. The Bertz CT molecular complexity index is 517. The fourth-order valence-corrected chi connectivity index (χ4v) is 4.36. The summed E-state index contributed by atoms with van der Waals surface area (Å²) in [5, 5.41) is 5.14. The molecular weight excluding hydrogens is 292 g/mol. The zero-order valence-corrected chi connectivity index (χ0v) is 13.8. The minimum absolute atomic E-state index is 0.404. The summed E-state index contributed by atoms with van der Waals surface area (Å²) in [6.45, 7) is 5.49. The Morgan fingerprint density at radius 3 is 2.65 bits per heavy atom. The summed E-state index contributed by atoms with van der Waals surface area (Å²) in [5.41, 5.74) is 0. The third-order valence-electron chi connectivity index (χ3n) is 3.80. The highest BCUT2D eigenvalue weighted by molar-refractivity contribution is 7.89. The highest BCUT2D eigenvalue weighted by Crippen LogP contribution is 2.23. The first-order chi connectivity index (χ1) is 9.55. The molecule has 1 aromatic heterocycles. The minimum atomic E-state index is -3.34. The predicted octanol–water partition coefficient (Wildman–Crippen LogP) is 2.71. The van der Waals surface area contributed by atoms with Gasteiger partial charge in [-0.3, -0.25) is 0 Å². The van der Waals surface area contributed by atoms with Crippen LogP contribution in [0.2, 0.25) is 0 Å². The first-order valence-electron chi connectivity index (χ1n) is 7.35. The van der Waals surface area contributed by atoms with Gasteiger partial charge in [0.1, 0.15) is 0 Å². The van der Waals surface area contributed by atoms with Crippen LogP contribution in [-0.4, -0.2) is 21.0 Å². The smallest absolute Gasteiger partial charge is 0.241 e. The van der Waals surface area contributed by atoms with E-state index in [1.54, 1.807) is 11.4 Å². The summed E-state index contributed by atoms with van der Waals surface area (Å²) in [4.78, 5) is 1.49. The van der Waals surface area contributed by atoms with E-state index in [2.05, 4.69) is 23.9 Å². The summed E-state index contributed by atoms with van der Waals surface area (Å²) >= 11 is 1.51. The van der Waals surface area contributed by atoms with E-state index in [1.165, 1.54) is 24.2 Å². The summed E-state index contributed by atoms with van der Waals surface area (Å²) < 4.78 is 27.1. The Morgan fingerprint density at radius 2 is 2.05 bits per heavy atom. The average molecular weight is 316 g/mol. The van der Waals surface area contributed by atoms with Gasteiger partial charge in [0.2, 0.25) is 10.0 Å². The van der Waals surface area contributed by atoms with Gasteiger partial charge in [-0.05, 0) is 24.8 Å². The molecule has 114 valence electrons. The van der Waals surface area contributed by atoms with Gasteiger partial charge in [0.25, 0.3) is 0 Å². The topological polar surface area (TPSA) is 58.2 Å². The fourth-order valence-electron chi connectivity index (χ4n) is 2.01. The van der Waals surface area contributed by atoms with Gasteiger partial charge >= 0.3 is 0 Å². The molecule has 0 radical (unpaired) electrons. The van der Waals surface area contributed by atoms with Crippen molar-refractivity contribution in [1.82, 2.24) is 10.0 Å². The molecule has 6 heteroatoms. The third-order valence-corrected chi connectivity index (χ3v) is 6.29. The number of hydrogen-bond donors (Lipinski definition) is 2. The van der Waals surface area contributed by atoms with Crippen LogP contribution in [0.15, 0.2) is 16.3 Å². The Kier molecular flexibility index (Phi) is 5.60. The first kappa shape index (κ1) is 15.9. The van der Waals surface area contributed by atoms with E-state index in [0.29, 0.717) is 23.4 Å². The van der Waals surface area contributed by atoms with Crippen molar-refractivity contribution in [3.63, 3.8) is 0 Å². The second-order valence-corrected chi connectivity index (χ2v) is 8.20. The van der Waals surface area contributed by atoms with Crippen molar-refractivity contribution in [3.05, 3.63) is 16.3 Å². The molecule has 1 heterocycles. The van der Waals surface area contributed by atoms with Crippen LogP contribution in [0, 0.1) is 5.92 Å². The number of thiophene rings is 1. The normalized spacial score (nSPS) is 15.9. The standard InChI is InChI=1S/C14H24N2O2S2/c1-3-11(4-2)8-16-20(17,18)14-7-13(19-10-14)9-15-12-5-6-12/h7,10-12,15-16H,3-6,8-9H2,1-2H3. The van der Waals surface area contributed by atoms with Gasteiger partial charge in [0.05, 0.1) is 4.90 Å². The Morgan fingerprint density at radius 1 is 1.35 bits per heavy atom. The summed E-state index contributed by atoms with van der Waals surface area (Å²) in [6, 6.07) is 2.43. The molecule has 0 aliphatic heterocycles. The molecule has 1 saturated carbocycles. The number of rotatable bonds is 9. The molecule has 1 aliphatic carbocycles. The molecule has 0 atom stereocenters. The quantitative estimate of drug-likeness (QED) is 0.736. The molecule has 0 amide bonds. The van der Waals surface area contributed by atoms with Crippen LogP contribution in [0.25, 0.3) is 0 Å². The van der Waals surface area contributed by atoms with Gasteiger partial charge in [0, 0.05) is 29.4 Å². The summed E-state index contributed by atoms with van der Waals surface area (Å²) in [6.07, 6.45) is 4.49. The largest absolute Gasteiger partial charge is 0.309 e. The highest BCUT2D eigenvalue weighted by Gasteiger charge is 2.21. The number of hydrogen-bond acceptors (Lipinski definition) is 4. The molecule has 0 saturated heterocycles. The molecule has 2 N–H and O–H groups in total. The molecule has 4 nitrogen and oxygen atoms in total. The maximum atomic E-state index is 12.2. The summed E-state index contributed by atoms with van der Waals surface area (Å²) in [5.74, 6) is 0.416. The third kappa shape index (κ3) is 4.55. The van der Waals surface area contributed by atoms with Crippen molar-refractivity contribution in [2.75, 3.05) is 6.54 Å². The van der Waals surface area contributed by atoms with E-state index in [4.69, 9.17) is 0 Å². The monoisotopic (exact) mass is 316 g/mol. The Balaban J connectivity index is 1.90. The average Bonchev–Trinajstić information content (AvgIpc) is 3.13. The van der Waals surface area contributed by atoms with Crippen LogP contribution in [0.5, 0.6) is 0 Å². The molecular formula is C14H24N2O2S2. The Hall–Kier alpha value is -0.430. The van der Waals surface area contributed by atoms with Gasteiger partial charge in [-0.15, -0.1) is 11.3 Å². The zero-order chi connectivity index (χ0) is 14.6. The Labute approximate surface area is 126 Å². The maximum absolute atomic E-state index is 12.2. The van der Waals surface area contributed by atoms with E-state index < -0.39 is 10.0 Å². The molecule has 0 aromatic carbocycles. The summed E-state index contributed by atoms with van der Waals surface area (Å²) in [7, 11) is -3.34. The maximum Gasteiger partial charge on any atom is 0.241 e. The van der Waals surface area contributed by atoms with Crippen LogP contribution in [0.4, 0.5) is 0 Å². The molecule has 1 aliphatic rings. The number of sulfonamides is 1. The van der Waals surface area contributed by atoms with Crippen molar-refractivity contribution >= 4 is 21.4 Å². The first-order valence-corrected chi connectivity index (χ1v) is 9.72. The van der Waals surface area contributed by atoms with Crippen molar-refractivity contribution in [3.8, 4) is 0 Å². The molecule has 0 spiro atoms. The fraction of sp³-hybridized carbons (Fsp3) is 0.714. The van der Waals surface area contributed by atoms with E-state index in [0.717, 1.165) is 24.3 Å². The van der Waals surface area contributed by atoms with E-state index in [-0.39, 0.29) is 0 Å². The minimum Gasteiger partial charge on any atom is -0.309 e. The predicted molar refractivity (Wildman–Crippen MR) is 83.4 cm³/mol. The van der Waals surface area contributed by atoms with Crippen LogP contribution in [0.3, 0.4) is 0 Å². The van der Waals surface area contributed by atoms with Crippen molar-refractivity contribution in [1.29, 1.82) is 0 Å². The van der Waals surface area contributed by atoms with E-state index in [9.17, 15) is 8.42 Å². The van der Waals surface area contributed by atoms with Gasteiger partial charge in [-0.25, -0.2) is 13.1 Å². The second kappa shape index (κ2) is 7.02. The van der Waals surface area contributed by atoms with Gasteiger partial charge < -0.3 is 5.32 Å². The van der Waals surface area contributed by atoms with Crippen LogP contribution >= 0.6 is 11.3 Å². The zero-order valence-electron chi connectivity index (χ0n) is 12.2. The molecule has 2 rings (SSSR count). The molecule has 20 heavy (non-hydrogen) atoms. The van der Waals surface area contributed by atoms with Crippen LogP contribution in [0.1, 0.15) is 44.4 Å². The lowest BCUT2D eigenvalue weighted by molar-refractivity contribution is 0.479. The van der Waals surface area contributed by atoms with Crippen molar-refractivity contribution in [2.45, 2.75) is 57.0 Å². The molecule has 1 fully saturated rings. The number of nitrogens with one attached hydrogen (secondary N) is 2. The van der Waals surface area contributed by atoms with E-state index >= 15 is 0 Å². The lowest BCUT2D eigenvalue weighted by atomic mass is 10.0. The van der Waals surface area contributed by atoms with Crippen molar-refractivity contribution in [2.24, 2.45) is 5.92 Å². The van der Waals surface area contributed by atoms with Crippen LogP contribution in [-0.2, 0) is 16.6 Å². The van der Waals surface area contributed by atoms with Gasteiger partial charge in [-0.2, -0.15) is 0 Å². The van der Waals surface area contributed by atoms with Crippen LogP contribution < -0.4 is 10.0 Å². The lowest BCUT2D eigenvalue weighted by Crippen LogP contribution is -2.28. The molecule has 0 bridgehead atoms. The molecule has 0 unspecified atom stereocenters. The van der Waals surface area contributed by atoms with Gasteiger partial charge in [0.15, 0.2) is 0 Å². The van der Waals surface area contributed by atoms with E-state index in [1.807, 2.05) is 0 Å². The van der Waals surface area contributed by atoms with Crippen molar-refractivity contribution < 1.29 is 8.42 Å². The highest BCUT2D eigenvalue weighted by atomic mass is 32.2. The lowest BCUT2D eigenvalue weighted by Gasteiger charge is -2.12. The second-order valence-electron chi connectivity index (χ2n) is 5.44.